The van der Waals surface area contributed by atoms with Crippen molar-refractivity contribution in [3.8, 4) is 79.4 Å². The summed E-state index contributed by atoms with van der Waals surface area (Å²) in [5.74, 6) is 0.0646. The summed E-state index contributed by atoms with van der Waals surface area (Å²) in [6, 6.07) is 46.1. The van der Waals surface area contributed by atoms with Crippen LogP contribution in [0.2, 0.25) is 0 Å². The van der Waals surface area contributed by atoms with E-state index in [1.807, 2.05) is 95.6 Å². The lowest BCUT2D eigenvalue weighted by Crippen LogP contribution is -2.26. The van der Waals surface area contributed by atoms with E-state index in [1.54, 1.807) is 0 Å². The van der Waals surface area contributed by atoms with E-state index in [4.69, 9.17) is 0 Å². The standard InChI is InChI=1S/C68H71NOS8/c1-5-9-13-17-48-38-41-71-64(48)58-33-29-54(73-58)56-31-35-60(75-56)66-50(19-15-11-7-3)43-62(77-66)46-23-21-45(22-24-46)53-37-40-69(68(53)70)52-27-25-47(26-28-52)63-44-51(20-16-12-8-4)67(78-63)61-36-32-57(76-61)55-30-34-59(74-55)65-49(39-42-72-65)18-14-10-6-2/h21-36,38-39,41-44,53H,5-20,37,40H2,1-4H3. The van der Waals surface area contributed by atoms with E-state index in [1.165, 1.54) is 192 Å². The first-order chi connectivity index (χ1) is 38.4. The minimum atomic E-state index is -0.136. The van der Waals surface area contributed by atoms with Crippen LogP contribution in [0.3, 0.4) is 0 Å². The number of rotatable bonds is 26. The number of anilines is 1. The highest BCUT2D eigenvalue weighted by atomic mass is 32.1. The van der Waals surface area contributed by atoms with Crippen molar-refractivity contribution in [3.63, 3.8) is 0 Å². The third-order valence-electron chi connectivity index (χ3n) is 15.4. The van der Waals surface area contributed by atoms with Gasteiger partial charge in [-0.1, -0.05) is 115 Å². The minimum Gasteiger partial charge on any atom is -0.312 e. The highest BCUT2D eigenvalue weighted by molar-refractivity contribution is 7.30. The molecule has 1 aliphatic heterocycles. The highest BCUT2D eigenvalue weighted by Crippen LogP contribution is 2.49. The molecular formula is C68H71NOS8. The number of thiophene rings is 8. The molecule has 1 fully saturated rings. The van der Waals surface area contributed by atoms with Crippen LogP contribution in [0, 0.1) is 0 Å². The first-order valence-corrected chi connectivity index (χ1v) is 35.4. The predicted octanol–water partition coefficient (Wildman–Crippen LogP) is 24.0. The molecule has 11 rings (SSSR count). The molecule has 0 bridgehead atoms. The molecule has 1 atom stereocenters. The number of aryl methyl sites for hydroxylation is 4. The van der Waals surface area contributed by atoms with Crippen LogP contribution in [0.5, 0.6) is 0 Å². The molecule has 402 valence electrons. The molecule has 1 aliphatic rings. The van der Waals surface area contributed by atoms with Crippen LogP contribution < -0.4 is 4.90 Å². The quantitative estimate of drug-likeness (QED) is 0.0495. The van der Waals surface area contributed by atoms with Gasteiger partial charge in [-0.3, -0.25) is 4.79 Å². The average Bonchev–Trinajstić information content (AvgIpc) is 4.34. The molecule has 0 saturated carbocycles. The summed E-state index contributed by atoms with van der Waals surface area (Å²) in [4.78, 5) is 35.6. The lowest BCUT2D eigenvalue weighted by atomic mass is 9.96. The summed E-state index contributed by atoms with van der Waals surface area (Å²) in [6.45, 7) is 9.88. The maximum atomic E-state index is 14.3. The maximum absolute atomic E-state index is 14.3. The van der Waals surface area contributed by atoms with Crippen LogP contribution in [0.15, 0.2) is 132 Å². The van der Waals surface area contributed by atoms with Gasteiger partial charge in [0.1, 0.15) is 0 Å². The van der Waals surface area contributed by atoms with Gasteiger partial charge in [-0.2, -0.15) is 0 Å². The molecule has 10 heteroatoms. The molecule has 0 aliphatic carbocycles. The number of carbonyl (C=O) groups excluding carboxylic acids is 1. The van der Waals surface area contributed by atoms with Crippen LogP contribution >= 0.6 is 90.7 Å². The van der Waals surface area contributed by atoms with Crippen LogP contribution in [-0.2, 0) is 30.5 Å². The van der Waals surface area contributed by atoms with Gasteiger partial charge in [-0.15, -0.1) is 90.7 Å². The highest BCUT2D eigenvalue weighted by Gasteiger charge is 2.34. The van der Waals surface area contributed by atoms with Crippen molar-refractivity contribution in [1.82, 2.24) is 0 Å². The maximum Gasteiger partial charge on any atom is 0.234 e. The van der Waals surface area contributed by atoms with Gasteiger partial charge in [-0.25, -0.2) is 0 Å². The molecule has 78 heavy (non-hydrogen) atoms. The Balaban J connectivity index is 0.761. The Labute approximate surface area is 496 Å². The van der Waals surface area contributed by atoms with Crippen LogP contribution in [-0.4, -0.2) is 12.5 Å². The van der Waals surface area contributed by atoms with Crippen molar-refractivity contribution in [2.75, 3.05) is 11.4 Å². The van der Waals surface area contributed by atoms with Gasteiger partial charge in [0.25, 0.3) is 0 Å². The smallest absolute Gasteiger partial charge is 0.234 e. The van der Waals surface area contributed by atoms with Gasteiger partial charge < -0.3 is 4.90 Å². The monoisotopic (exact) mass is 1170 g/mol. The summed E-state index contributed by atoms with van der Waals surface area (Å²) in [5, 5.41) is 4.54. The first kappa shape index (κ1) is 55.4. The Kier molecular flexibility index (Phi) is 18.8. The number of nitrogens with zero attached hydrogens (tertiary/aromatic N) is 1. The third kappa shape index (κ3) is 12.5. The minimum absolute atomic E-state index is 0.136. The zero-order valence-corrected chi connectivity index (χ0v) is 52.2. The van der Waals surface area contributed by atoms with E-state index in [2.05, 4.69) is 160 Å². The molecule has 1 saturated heterocycles. The Hall–Kier alpha value is -4.49. The fraction of sp³-hybridized carbons (Fsp3) is 0.338. The number of unbranched alkanes of at least 4 members (excludes halogenated alkanes) is 8. The van der Waals surface area contributed by atoms with Crippen molar-refractivity contribution in [2.24, 2.45) is 0 Å². The first-order valence-electron chi connectivity index (χ1n) is 28.7. The molecule has 2 aromatic carbocycles. The van der Waals surface area contributed by atoms with Crippen molar-refractivity contribution < 1.29 is 4.79 Å². The predicted molar refractivity (Wildman–Crippen MR) is 352 cm³/mol. The van der Waals surface area contributed by atoms with Crippen molar-refractivity contribution >= 4 is 102 Å². The fourth-order valence-corrected chi connectivity index (χ4v) is 20.2. The number of carbonyl (C=O) groups is 1. The molecule has 0 spiro atoms. The molecule has 1 unspecified atom stereocenters. The second kappa shape index (κ2) is 26.4. The van der Waals surface area contributed by atoms with Crippen molar-refractivity contribution in [1.29, 1.82) is 0 Å². The Morgan fingerprint density at radius 2 is 0.756 bits per heavy atom. The van der Waals surface area contributed by atoms with E-state index in [0.717, 1.165) is 37.1 Å². The molecule has 2 nitrogen and oxygen atoms in total. The van der Waals surface area contributed by atoms with Crippen LogP contribution in [0.4, 0.5) is 5.69 Å². The van der Waals surface area contributed by atoms with Gasteiger partial charge in [0.15, 0.2) is 0 Å². The van der Waals surface area contributed by atoms with Crippen LogP contribution in [0.25, 0.3) is 79.4 Å². The third-order valence-corrected chi connectivity index (χ3v) is 25.2. The van der Waals surface area contributed by atoms with Gasteiger partial charge in [0.05, 0.1) is 5.92 Å². The summed E-state index contributed by atoms with van der Waals surface area (Å²) >= 11 is 15.4. The summed E-state index contributed by atoms with van der Waals surface area (Å²) in [7, 11) is 0. The van der Waals surface area contributed by atoms with Crippen molar-refractivity contribution in [3.05, 3.63) is 160 Å². The second-order valence-corrected chi connectivity index (χ2v) is 29.2. The van der Waals surface area contributed by atoms with Crippen molar-refractivity contribution in [2.45, 2.75) is 143 Å². The van der Waals surface area contributed by atoms with Crippen LogP contribution in [0.1, 0.15) is 145 Å². The van der Waals surface area contributed by atoms with Gasteiger partial charge >= 0.3 is 0 Å². The van der Waals surface area contributed by atoms with E-state index < -0.39 is 0 Å². The van der Waals surface area contributed by atoms with E-state index in [9.17, 15) is 4.79 Å². The Morgan fingerprint density at radius 1 is 0.385 bits per heavy atom. The normalized spacial score (nSPS) is 13.7. The zero-order valence-electron chi connectivity index (χ0n) is 45.6. The Bertz CT molecular complexity index is 3290. The fourth-order valence-electron chi connectivity index (χ4n) is 11.0. The largest absolute Gasteiger partial charge is 0.312 e. The summed E-state index contributed by atoms with van der Waals surface area (Å²) in [6.07, 6.45) is 20.3. The number of amides is 1. The molecular weight excluding hydrogens is 1100 g/mol. The molecule has 10 aromatic rings. The molecule has 0 N–H and O–H groups in total. The van der Waals surface area contributed by atoms with E-state index in [0.29, 0.717) is 0 Å². The second-order valence-electron chi connectivity index (χ2n) is 21.0. The topological polar surface area (TPSA) is 20.3 Å². The zero-order chi connectivity index (χ0) is 53.4. The summed E-state index contributed by atoms with van der Waals surface area (Å²) < 4.78 is 0. The number of hydrogen-bond donors (Lipinski definition) is 0. The van der Waals surface area contributed by atoms with Gasteiger partial charge in [-0.05, 0) is 192 Å². The van der Waals surface area contributed by atoms with Gasteiger partial charge in [0.2, 0.25) is 5.91 Å². The number of hydrogen-bond acceptors (Lipinski definition) is 9. The lowest BCUT2D eigenvalue weighted by molar-refractivity contribution is -0.118. The molecule has 0 radical (unpaired) electrons. The Morgan fingerprint density at radius 3 is 1.17 bits per heavy atom. The van der Waals surface area contributed by atoms with Gasteiger partial charge in [0, 0.05) is 80.5 Å². The molecule has 9 heterocycles. The van der Waals surface area contributed by atoms with E-state index in [-0.39, 0.29) is 11.8 Å². The summed E-state index contributed by atoms with van der Waals surface area (Å²) in [5.41, 5.74) is 10.5. The lowest BCUT2D eigenvalue weighted by Gasteiger charge is -2.17. The molecule has 1 amide bonds. The molecule has 8 aromatic heterocycles. The van der Waals surface area contributed by atoms with E-state index >= 15 is 0 Å². The average molecular weight is 1170 g/mol. The SMILES string of the molecule is CCCCCc1ccsc1-c1ccc(-c2ccc(-c3sc(-c4ccc(C5CCN(c6ccc(-c7cc(CCCCC)c(-c8ccc(-c9ccc(-c%10sccc%10CCCCC)s9)s8)s7)cc6)C5=O)cc4)cc3CCCCC)s2)s1. The number of benzene rings is 2.